The van der Waals surface area contributed by atoms with E-state index < -0.39 is 27.1 Å². The molecule has 2 aromatic rings. The van der Waals surface area contributed by atoms with Crippen LogP contribution < -0.4 is 5.56 Å². The molecule has 0 amide bonds. The van der Waals surface area contributed by atoms with Gasteiger partial charge in [0.05, 0.1) is 15.5 Å². The quantitative estimate of drug-likeness (QED) is 0.833. The van der Waals surface area contributed by atoms with E-state index in [1.807, 2.05) is 0 Å². The zero-order valence-corrected chi connectivity index (χ0v) is 15.3. The monoisotopic (exact) mass is 385 g/mol. The second-order valence-electron chi connectivity index (χ2n) is 6.55. The van der Waals surface area contributed by atoms with Gasteiger partial charge < -0.3 is 14.8 Å². The fraction of sp³-hybridized carbons (Fsp3) is 0.500. The van der Waals surface area contributed by atoms with Crippen molar-refractivity contribution >= 4 is 37.4 Å². The summed E-state index contributed by atoms with van der Waals surface area (Å²) in [4.78, 5) is 23.8. The molecule has 1 saturated carbocycles. The third-order valence-electron chi connectivity index (χ3n) is 4.90. The highest BCUT2D eigenvalue weighted by Gasteiger charge is 2.29. The van der Waals surface area contributed by atoms with Crippen LogP contribution in [-0.4, -0.2) is 40.7 Å². The van der Waals surface area contributed by atoms with E-state index in [1.165, 1.54) is 22.2 Å². The van der Waals surface area contributed by atoms with Gasteiger partial charge in [-0.05, 0) is 43.0 Å². The van der Waals surface area contributed by atoms with Crippen molar-refractivity contribution in [1.82, 2.24) is 4.57 Å². The Labute approximate surface area is 148 Å². The van der Waals surface area contributed by atoms with Crippen molar-refractivity contribution < 1.29 is 23.4 Å². The lowest BCUT2D eigenvalue weighted by Crippen LogP contribution is -2.31. The molecule has 1 aliphatic rings. The molecule has 2 N–H and O–H groups in total. The van der Waals surface area contributed by atoms with E-state index >= 15 is 0 Å². The number of aromatic nitrogens is 1. The van der Waals surface area contributed by atoms with Gasteiger partial charge >= 0.3 is 5.97 Å². The van der Waals surface area contributed by atoms with Crippen molar-refractivity contribution in [3.05, 3.63) is 27.4 Å². The summed E-state index contributed by atoms with van der Waals surface area (Å²) in [6.07, 6.45) is 3.73. The van der Waals surface area contributed by atoms with Crippen molar-refractivity contribution in [3.8, 4) is 5.75 Å². The number of hydrogen-bond acceptors (Lipinski definition) is 6. The molecule has 2 aromatic heterocycles. The molecule has 1 aliphatic carbocycles. The molecule has 2 heterocycles. The summed E-state index contributed by atoms with van der Waals surface area (Å²) >= 11 is 1.17. The van der Waals surface area contributed by atoms with Crippen LogP contribution in [0.3, 0.4) is 0 Å². The number of rotatable bonds is 4. The van der Waals surface area contributed by atoms with Gasteiger partial charge in [-0.1, -0.05) is 0 Å². The Bertz CT molecular complexity index is 980. The van der Waals surface area contributed by atoms with Gasteiger partial charge in [-0.15, -0.1) is 11.3 Å². The minimum atomic E-state index is -3.05. The first-order chi connectivity index (χ1) is 11.7. The van der Waals surface area contributed by atoms with E-state index in [1.54, 1.807) is 11.4 Å². The van der Waals surface area contributed by atoms with Gasteiger partial charge in [0.1, 0.15) is 15.4 Å². The molecule has 136 valence electrons. The van der Waals surface area contributed by atoms with E-state index in [2.05, 4.69) is 0 Å². The normalized spacial score (nSPS) is 21.5. The van der Waals surface area contributed by atoms with Crippen molar-refractivity contribution in [1.29, 1.82) is 0 Å². The van der Waals surface area contributed by atoms with Crippen molar-refractivity contribution in [2.24, 2.45) is 5.92 Å². The Balaban J connectivity index is 1.92. The molecule has 0 spiro atoms. The van der Waals surface area contributed by atoms with Gasteiger partial charge in [0.25, 0.3) is 5.56 Å². The summed E-state index contributed by atoms with van der Waals surface area (Å²) in [7, 11) is -3.05. The van der Waals surface area contributed by atoms with E-state index in [0.29, 0.717) is 42.4 Å². The standard InChI is InChI=1S/C16H19NO6S2/c1-25(22,23)10-4-2-9(3-5-10)8-17-11-6-7-24-14(11)12(16(20)21)13(18)15(17)19/h6-7,9-10,18H,2-5,8H2,1H3,(H,20,21). The maximum absolute atomic E-state index is 12.5. The van der Waals surface area contributed by atoms with Crippen LogP contribution in [0.25, 0.3) is 10.2 Å². The van der Waals surface area contributed by atoms with Crippen LogP contribution in [0.15, 0.2) is 16.2 Å². The van der Waals surface area contributed by atoms with Gasteiger partial charge in [-0.2, -0.15) is 0 Å². The summed E-state index contributed by atoms with van der Waals surface area (Å²) in [5.74, 6) is -1.95. The number of nitrogens with zero attached hydrogens (tertiary/aromatic N) is 1. The summed E-state index contributed by atoms with van der Waals surface area (Å²) < 4.78 is 25.1. The van der Waals surface area contributed by atoms with Crippen LogP contribution in [0.4, 0.5) is 0 Å². The second-order valence-corrected chi connectivity index (χ2v) is 9.79. The maximum atomic E-state index is 12.5. The Morgan fingerprint density at radius 3 is 2.52 bits per heavy atom. The molecular weight excluding hydrogens is 366 g/mol. The minimum Gasteiger partial charge on any atom is -0.502 e. The summed E-state index contributed by atoms with van der Waals surface area (Å²) in [5, 5.41) is 20.7. The Morgan fingerprint density at radius 1 is 1.32 bits per heavy atom. The van der Waals surface area contributed by atoms with E-state index in [0.717, 1.165) is 0 Å². The number of fused-ring (bicyclic) bond motifs is 1. The van der Waals surface area contributed by atoms with Crippen molar-refractivity contribution in [2.45, 2.75) is 37.5 Å². The topological polar surface area (TPSA) is 114 Å². The van der Waals surface area contributed by atoms with Crippen LogP contribution in [0.5, 0.6) is 5.75 Å². The van der Waals surface area contributed by atoms with Gasteiger partial charge in [0.2, 0.25) is 0 Å². The van der Waals surface area contributed by atoms with Gasteiger partial charge in [-0.3, -0.25) is 4.79 Å². The number of aromatic hydroxyl groups is 1. The first-order valence-electron chi connectivity index (χ1n) is 7.95. The zero-order chi connectivity index (χ0) is 18.4. The van der Waals surface area contributed by atoms with Gasteiger partial charge in [0.15, 0.2) is 5.75 Å². The molecule has 0 radical (unpaired) electrons. The number of aromatic carboxylic acids is 1. The maximum Gasteiger partial charge on any atom is 0.341 e. The third kappa shape index (κ3) is 3.30. The van der Waals surface area contributed by atoms with Crippen LogP contribution in [0.2, 0.25) is 0 Å². The molecule has 0 unspecified atom stereocenters. The van der Waals surface area contributed by atoms with Gasteiger partial charge in [-0.25, -0.2) is 13.2 Å². The summed E-state index contributed by atoms with van der Waals surface area (Å²) in [6.45, 7) is 0.343. The fourth-order valence-electron chi connectivity index (χ4n) is 3.53. The Morgan fingerprint density at radius 2 is 1.96 bits per heavy atom. The molecule has 25 heavy (non-hydrogen) atoms. The van der Waals surface area contributed by atoms with E-state index in [4.69, 9.17) is 0 Å². The predicted octanol–water partition coefficient (Wildman–Crippen LogP) is 2.07. The van der Waals surface area contributed by atoms with Crippen LogP contribution in [-0.2, 0) is 16.4 Å². The summed E-state index contributed by atoms with van der Waals surface area (Å²) in [5.41, 5.74) is -0.573. The minimum absolute atomic E-state index is 0.119. The number of sulfone groups is 1. The first-order valence-corrected chi connectivity index (χ1v) is 10.8. The molecule has 9 heteroatoms. The first kappa shape index (κ1) is 17.9. The van der Waals surface area contributed by atoms with Crippen LogP contribution >= 0.6 is 11.3 Å². The van der Waals surface area contributed by atoms with Crippen LogP contribution in [0.1, 0.15) is 36.0 Å². The lowest BCUT2D eigenvalue weighted by atomic mass is 9.88. The van der Waals surface area contributed by atoms with E-state index in [9.17, 15) is 28.2 Å². The largest absolute Gasteiger partial charge is 0.502 e. The van der Waals surface area contributed by atoms with Crippen molar-refractivity contribution in [3.63, 3.8) is 0 Å². The number of carboxylic acid groups (broad SMARTS) is 1. The molecule has 0 atom stereocenters. The average molecular weight is 385 g/mol. The predicted molar refractivity (Wildman–Crippen MR) is 95.3 cm³/mol. The molecule has 0 bridgehead atoms. The number of carboxylic acids is 1. The zero-order valence-electron chi connectivity index (χ0n) is 13.6. The second kappa shape index (κ2) is 6.45. The Kier molecular flexibility index (Phi) is 4.63. The Hall–Kier alpha value is -1.87. The van der Waals surface area contributed by atoms with Crippen molar-refractivity contribution in [2.75, 3.05) is 6.26 Å². The molecular formula is C16H19NO6S2. The highest BCUT2D eigenvalue weighted by molar-refractivity contribution is 7.91. The highest BCUT2D eigenvalue weighted by Crippen LogP contribution is 2.32. The SMILES string of the molecule is CS(=O)(=O)C1CCC(Cn2c(=O)c(O)c(C(=O)O)c3sccc32)CC1. The lowest BCUT2D eigenvalue weighted by molar-refractivity contribution is 0.0695. The molecule has 0 saturated heterocycles. The molecule has 1 fully saturated rings. The van der Waals surface area contributed by atoms with Crippen LogP contribution in [0, 0.1) is 5.92 Å². The number of carbonyl (C=O) groups is 1. The smallest absolute Gasteiger partial charge is 0.341 e. The number of pyridine rings is 1. The van der Waals surface area contributed by atoms with E-state index in [-0.39, 0.29) is 16.7 Å². The third-order valence-corrected chi connectivity index (χ3v) is 7.50. The molecule has 0 aromatic carbocycles. The molecule has 3 rings (SSSR count). The number of thiophene rings is 1. The molecule has 0 aliphatic heterocycles. The fourth-order valence-corrected chi connectivity index (χ4v) is 5.60. The lowest BCUT2D eigenvalue weighted by Gasteiger charge is -2.28. The van der Waals surface area contributed by atoms with Gasteiger partial charge in [0, 0.05) is 12.8 Å². The highest BCUT2D eigenvalue weighted by atomic mass is 32.2. The molecule has 7 nitrogen and oxygen atoms in total. The number of hydrogen-bond donors (Lipinski definition) is 2. The summed E-state index contributed by atoms with van der Waals surface area (Å²) in [6, 6.07) is 1.68. The average Bonchev–Trinajstić information content (AvgIpc) is 3.00.